The number of hydrogen-bond acceptors (Lipinski definition) is 5. The minimum absolute atomic E-state index is 0.0650. The third-order valence-corrected chi connectivity index (χ3v) is 3.99. The summed E-state index contributed by atoms with van der Waals surface area (Å²) in [5, 5.41) is 8.44. The van der Waals surface area contributed by atoms with E-state index in [-0.39, 0.29) is 22.8 Å². The number of carbonyl (C=O) groups excluding carboxylic acids is 1. The number of hydrogen-bond donors (Lipinski definition) is 1. The van der Waals surface area contributed by atoms with Crippen LogP contribution in [-0.2, 0) is 17.1 Å². The number of hydrazine groups is 1. The zero-order valence-electron chi connectivity index (χ0n) is 15.0. The second kappa shape index (κ2) is 7.69. The molecule has 0 aliphatic carbocycles. The lowest BCUT2D eigenvalue weighted by Crippen LogP contribution is -2.52. The van der Waals surface area contributed by atoms with Gasteiger partial charge in [-0.2, -0.15) is 31.4 Å². The van der Waals surface area contributed by atoms with Gasteiger partial charge in [0.2, 0.25) is 0 Å². The lowest BCUT2D eigenvalue weighted by Gasteiger charge is -2.27. The van der Waals surface area contributed by atoms with E-state index in [1.54, 1.807) is 0 Å². The molecule has 1 aliphatic heterocycles. The van der Waals surface area contributed by atoms with E-state index in [1.807, 2.05) is 0 Å². The summed E-state index contributed by atoms with van der Waals surface area (Å²) in [4.78, 5) is 12.1. The van der Waals surface area contributed by atoms with Crippen LogP contribution in [0.1, 0.15) is 22.3 Å². The molecule has 0 aromatic heterocycles. The van der Waals surface area contributed by atoms with Gasteiger partial charge in [-0.1, -0.05) is 24.3 Å². The summed E-state index contributed by atoms with van der Waals surface area (Å²) in [6.45, 7) is 0. The average molecular weight is 430 g/mol. The number of amidine groups is 2. The van der Waals surface area contributed by atoms with Crippen LogP contribution in [0.25, 0.3) is 0 Å². The number of alkyl halides is 6. The summed E-state index contributed by atoms with van der Waals surface area (Å²) < 4.78 is 81.0. The molecule has 30 heavy (non-hydrogen) atoms. The quantitative estimate of drug-likeness (QED) is 0.718. The molecular formula is C18H12F6N4O2. The van der Waals surface area contributed by atoms with E-state index in [0.717, 1.165) is 60.6 Å². The van der Waals surface area contributed by atoms with Crippen LogP contribution in [0.3, 0.4) is 0 Å². The number of rotatable bonds is 2. The van der Waals surface area contributed by atoms with Crippen LogP contribution in [0.5, 0.6) is 0 Å². The number of nitrogens with zero attached hydrogens (tertiary/aromatic N) is 3. The molecular weight excluding hydrogens is 418 g/mol. The van der Waals surface area contributed by atoms with E-state index in [9.17, 15) is 31.1 Å². The molecule has 0 saturated heterocycles. The highest BCUT2D eigenvalue weighted by Gasteiger charge is 2.33. The van der Waals surface area contributed by atoms with Crippen LogP contribution < -0.4 is 5.43 Å². The number of amides is 1. The summed E-state index contributed by atoms with van der Waals surface area (Å²) in [6.07, 6.45) is -10.0. The molecule has 1 amide bonds. The Morgan fingerprint density at radius 3 is 1.73 bits per heavy atom. The summed E-state index contributed by atoms with van der Waals surface area (Å²) in [5.74, 6) is -0.226. The average Bonchev–Trinajstić information content (AvgIpc) is 2.71. The fourth-order valence-electron chi connectivity index (χ4n) is 2.48. The Balaban J connectivity index is 1.96. The second-order valence-corrected chi connectivity index (χ2v) is 5.94. The van der Waals surface area contributed by atoms with Gasteiger partial charge in [-0.3, -0.25) is 5.43 Å². The molecule has 0 radical (unpaired) electrons. The SMILES string of the molecule is COC(=O)N1NC(c2ccc(C(F)(F)F)cc2)=NN=C1c1ccc(C(F)(F)F)cc1. The highest BCUT2D eigenvalue weighted by atomic mass is 19.4. The Kier molecular flexibility index (Phi) is 5.42. The smallest absolute Gasteiger partial charge is 0.434 e. The van der Waals surface area contributed by atoms with Gasteiger partial charge in [0.05, 0.1) is 18.2 Å². The van der Waals surface area contributed by atoms with Gasteiger partial charge in [0.1, 0.15) is 0 Å². The highest BCUT2D eigenvalue weighted by Crippen LogP contribution is 2.30. The highest BCUT2D eigenvalue weighted by molar-refractivity contribution is 6.11. The molecule has 1 heterocycles. The van der Waals surface area contributed by atoms with Crippen molar-refractivity contribution < 1.29 is 35.9 Å². The van der Waals surface area contributed by atoms with Crippen molar-refractivity contribution in [1.29, 1.82) is 0 Å². The van der Waals surface area contributed by atoms with Crippen molar-refractivity contribution in [2.45, 2.75) is 12.4 Å². The summed E-state index contributed by atoms with van der Waals surface area (Å²) in [7, 11) is 1.07. The predicted octanol–water partition coefficient (Wildman–Crippen LogP) is 4.42. The maximum absolute atomic E-state index is 12.7. The maximum atomic E-state index is 12.7. The third kappa shape index (κ3) is 4.36. The first-order valence-corrected chi connectivity index (χ1v) is 8.16. The van der Waals surface area contributed by atoms with Gasteiger partial charge in [-0.15, -0.1) is 10.2 Å². The minimum Gasteiger partial charge on any atom is -0.451 e. The minimum atomic E-state index is -4.54. The zero-order valence-corrected chi connectivity index (χ0v) is 15.0. The Labute approximate surface area is 165 Å². The molecule has 0 atom stereocenters. The molecule has 158 valence electrons. The molecule has 0 saturated carbocycles. The Hall–Kier alpha value is -3.57. The summed E-state index contributed by atoms with van der Waals surface area (Å²) in [6, 6.07) is 7.72. The third-order valence-electron chi connectivity index (χ3n) is 3.99. The van der Waals surface area contributed by atoms with Crippen LogP contribution in [0.2, 0.25) is 0 Å². The van der Waals surface area contributed by atoms with E-state index in [4.69, 9.17) is 0 Å². The van der Waals surface area contributed by atoms with E-state index in [1.165, 1.54) is 0 Å². The first-order chi connectivity index (χ1) is 14.0. The number of nitrogens with one attached hydrogen (secondary N) is 1. The van der Waals surface area contributed by atoms with Crippen molar-refractivity contribution in [3.8, 4) is 0 Å². The molecule has 1 N–H and O–H groups in total. The van der Waals surface area contributed by atoms with Gasteiger partial charge in [0.25, 0.3) is 0 Å². The Bertz CT molecular complexity index is 995. The molecule has 3 rings (SSSR count). The van der Waals surface area contributed by atoms with Gasteiger partial charge in [0.15, 0.2) is 11.7 Å². The van der Waals surface area contributed by atoms with Crippen molar-refractivity contribution in [2.24, 2.45) is 10.2 Å². The molecule has 0 bridgehead atoms. The number of carbonyl (C=O) groups is 1. The fraction of sp³-hybridized carbons (Fsp3) is 0.167. The lowest BCUT2D eigenvalue weighted by molar-refractivity contribution is -0.138. The van der Waals surface area contributed by atoms with Gasteiger partial charge in [-0.25, -0.2) is 4.79 Å². The van der Waals surface area contributed by atoms with Crippen molar-refractivity contribution in [2.75, 3.05) is 7.11 Å². The van der Waals surface area contributed by atoms with E-state index < -0.39 is 29.6 Å². The lowest BCUT2D eigenvalue weighted by atomic mass is 10.1. The van der Waals surface area contributed by atoms with Gasteiger partial charge in [0, 0.05) is 11.1 Å². The van der Waals surface area contributed by atoms with Gasteiger partial charge < -0.3 is 4.74 Å². The molecule has 12 heteroatoms. The second-order valence-electron chi connectivity index (χ2n) is 5.94. The predicted molar refractivity (Wildman–Crippen MR) is 93.3 cm³/mol. The van der Waals surface area contributed by atoms with Crippen molar-refractivity contribution >= 4 is 17.8 Å². The maximum Gasteiger partial charge on any atom is 0.434 e. The Morgan fingerprint density at radius 2 is 1.30 bits per heavy atom. The van der Waals surface area contributed by atoms with Crippen molar-refractivity contribution in [3.05, 3.63) is 70.8 Å². The summed E-state index contributed by atoms with van der Waals surface area (Å²) >= 11 is 0. The summed E-state index contributed by atoms with van der Waals surface area (Å²) in [5.41, 5.74) is 1.09. The van der Waals surface area contributed by atoms with Crippen LogP contribution >= 0.6 is 0 Å². The van der Waals surface area contributed by atoms with E-state index in [2.05, 4.69) is 20.4 Å². The number of ether oxygens (including phenoxy) is 1. The van der Waals surface area contributed by atoms with Crippen LogP contribution in [0.15, 0.2) is 58.7 Å². The first kappa shape index (κ1) is 21.1. The van der Waals surface area contributed by atoms with E-state index >= 15 is 0 Å². The molecule has 6 nitrogen and oxygen atoms in total. The van der Waals surface area contributed by atoms with Crippen molar-refractivity contribution in [3.63, 3.8) is 0 Å². The molecule has 2 aromatic carbocycles. The van der Waals surface area contributed by atoms with Crippen molar-refractivity contribution in [1.82, 2.24) is 10.4 Å². The number of benzene rings is 2. The van der Waals surface area contributed by atoms with Crippen LogP contribution in [0, 0.1) is 0 Å². The van der Waals surface area contributed by atoms with Crippen LogP contribution in [0.4, 0.5) is 31.1 Å². The van der Waals surface area contributed by atoms with Gasteiger partial charge in [-0.05, 0) is 24.3 Å². The monoisotopic (exact) mass is 430 g/mol. The van der Waals surface area contributed by atoms with Gasteiger partial charge >= 0.3 is 18.4 Å². The largest absolute Gasteiger partial charge is 0.451 e. The fourth-order valence-corrected chi connectivity index (χ4v) is 2.48. The zero-order chi connectivity index (χ0) is 22.1. The molecule has 0 unspecified atom stereocenters. The topological polar surface area (TPSA) is 66.3 Å². The first-order valence-electron chi connectivity index (χ1n) is 8.16. The molecule has 2 aromatic rings. The normalized spacial score (nSPS) is 14.6. The number of halogens is 6. The molecule has 0 spiro atoms. The van der Waals surface area contributed by atoms with Crippen LogP contribution in [-0.4, -0.2) is 29.9 Å². The number of methoxy groups -OCH3 is 1. The molecule has 0 fully saturated rings. The Morgan fingerprint density at radius 1 is 0.833 bits per heavy atom. The van der Waals surface area contributed by atoms with E-state index in [0.29, 0.717) is 0 Å². The standard InChI is InChI=1S/C18H12F6N4O2/c1-30-16(29)28-15(11-4-8-13(9-5-11)18(22,23)24)26-25-14(27-28)10-2-6-12(7-3-10)17(19,20)21/h2-9H,1H3,(H,25,27). The molecule has 1 aliphatic rings.